The number of carbonyl (C=O) groups excluding carboxylic acids is 1. The fourth-order valence-electron chi connectivity index (χ4n) is 1.78. The second kappa shape index (κ2) is 6.18. The number of halogens is 1. The molecule has 0 aliphatic carbocycles. The highest BCUT2D eigenvalue weighted by molar-refractivity contribution is 5.94. The number of anilines is 1. The number of ether oxygens (including phenoxy) is 1. The minimum atomic E-state index is -0.453. The van der Waals surface area contributed by atoms with Crippen LogP contribution in [0.3, 0.4) is 0 Å². The Labute approximate surface area is 116 Å². The van der Waals surface area contributed by atoms with E-state index in [1.165, 1.54) is 23.0 Å². The lowest BCUT2D eigenvalue weighted by Crippen LogP contribution is -2.08. The summed E-state index contributed by atoms with van der Waals surface area (Å²) in [7, 11) is 0. The third-order valence-corrected chi connectivity index (χ3v) is 2.63. The first-order chi connectivity index (χ1) is 9.65. The van der Waals surface area contributed by atoms with E-state index in [-0.39, 0.29) is 12.4 Å². The van der Waals surface area contributed by atoms with Crippen LogP contribution in [0.1, 0.15) is 24.2 Å². The lowest BCUT2D eigenvalue weighted by Gasteiger charge is -2.02. The van der Waals surface area contributed by atoms with Gasteiger partial charge in [0.2, 0.25) is 0 Å². The van der Waals surface area contributed by atoms with E-state index in [2.05, 4.69) is 10.4 Å². The van der Waals surface area contributed by atoms with Gasteiger partial charge in [0.1, 0.15) is 11.4 Å². The SMILES string of the molecule is CCNc1nn(-c2cccc(F)c2)cc1C(=O)OCC. The largest absolute Gasteiger partial charge is 0.462 e. The topological polar surface area (TPSA) is 56.2 Å². The molecule has 1 aromatic carbocycles. The van der Waals surface area contributed by atoms with Crippen LogP contribution in [0.25, 0.3) is 5.69 Å². The number of aromatic nitrogens is 2. The van der Waals surface area contributed by atoms with E-state index in [0.29, 0.717) is 23.6 Å². The van der Waals surface area contributed by atoms with Gasteiger partial charge in [-0.25, -0.2) is 13.9 Å². The third-order valence-electron chi connectivity index (χ3n) is 2.63. The zero-order valence-electron chi connectivity index (χ0n) is 11.4. The van der Waals surface area contributed by atoms with Gasteiger partial charge in [0, 0.05) is 12.7 Å². The highest BCUT2D eigenvalue weighted by Gasteiger charge is 2.17. The molecule has 6 heteroatoms. The summed E-state index contributed by atoms with van der Waals surface area (Å²) < 4.78 is 19.7. The van der Waals surface area contributed by atoms with Crippen molar-refractivity contribution in [3.63, 3.8) is 0 Å². The summed E-state index contributed by atoms with van der Waals surface area (Å²) >= 11 is 0. The number of benzene rings is 1. The molecule has 2 rings (SSSR count). The molecule has 0 saturated carbocycles. The third kappa shape index (κ3) is 2.96. The lowest BCUT2D eigenvalue weighted by atomic mass is 10.3. The minimum absolute atomic E-state index is 0.287. The molecule has 0 radical (unpaired) electrons. The van der Waals surface area contributed by atoms with Gasteiger partial charge in [-0.3, -0.25) is 0 Å². The fourth-order valence-corrected chi connectivity index (χ4v) is 1.78. The van der Waals surface area contributed by atoms with E-state index >= 15 is 0 Å². The van der Waals surface area contributed by atoms with Gasteiger partial charge in [-0.05, 0) is 32.0 Å². The smallest absolute Gasteiger partial charge is 0.343 e. The first-order valence-corrected chi connectivity index (χ1v) is 6.42. The van der Waals surface area contributed by atoms with Crippen LogP contribution in [0.15, 0.2) is 30.5 Å². The van der Waals surface area contributed by atoms with Crippen LogP contribution in [0.4, 0.5) is 10.2 Å². The highest BCUT2D eigenvalue weighted by Crippen LogP contribution is 2.18. The van der Waals surface area contributed by atoms with Crippen molar-refractivity contribution in [2.24, 2.45) is 0 Å². The van der Waals surface area contributed by atoms with Crippen molar-refractivity contribution in [2.75, 3.05) is 18.5 Å². The van der Waals surface area contributed by atoms with Crippen molar-refractivity contribution in [2.45, 2.75) is 13.8 Å². The van der Waals surface area contributed by atoms with Crippen LogP contribution < -0.4 is 5.32 Å². The van der Waals surface area contributed by atoms with E-state index in [0.717, 1.165) is 0 Å². The van der Waals surface area contributed by atoms with E-state index in [1.807, 2.05) is 6.92 Å². The summed E-state index contributed by atoms with van der Waals surface area (Å²) in [6.07, 6.45) is 1.53. The van der Waals surface area contributed by atoms with E-state index in [9.17, 15) is 9.18 Å². The number of carbonyl (C=O) groups is 1. The zero-order valence-corrected chi connectivity index (χ0v) is 11.4. The first-order valence-electron chi connectivity index (χ1n) is 6.42. The Bertz CT molecular complexity index is 610. The van der Waals surface area contributed by atoms with Crippen molar-refractivity contribution < 1.29 is 13.9 Å². The molecule has 0 aliphatic heterocycles. The average Bonchev–Trinajstić information content (AvgIpc) is 2.84. The van der Waals surface area contributed by atoms with Crippen LogP contribution >= 0.6 is 0 Å². The Morgan fingerprint density at radius 3 is 2.90 bits per heavy atom. The number of nitrogens with one attached hydrogen (secondary N) is 1. The van der Waals surface area contributed by atoms with Gasteiger partial charge in [0.15, 0.2) is 5.82 Å². The van der Waals surface area contributed by atoms with Gasteiger partial charge < -0.3 is 10.1 Å². The van der Waals surface area contributed by atoms with E-state index in [4.69, 9.17) is 4.74 Å². The number of rotatable bonds is 5. The fraction of sp³-hybridized carbons (Fsp3) is 0.286. The summed E-state index contributed by atoms with van der Waals surface area (Å²) in [5.41, 5.74) is 0.873. The Balaban J connectivity index is 2.40. The molecule has 0 saturated heterocycles. The summed E-state index contributed by atoms with van der Waals surface area (Å²) in [5, 5.41) is 7.25. The molecule has 0 unspecified atom stereocenters. The number of hydrogen-bond acceptors (Lipinski definition) is 4. The molecular weight excluding hydrogens is 261 g/mol. The highest BCUT2D eigenvalue weighted by atomic mass is 19.1. The predicted molar refractivity (Wildman–Crippen MR) is 73.6 cm³/mol. The van der Waals surface area contributed by atoms with Gasteiger partial charge in [-0.2, -0.15) is 0 Å². The molecule has 2 aromatic rings. The van der Waals surface area contributed by atoms with E-state index < -0.39 is 5.97 Å². The molecule has 0 amide bonds. The molecule has 5 nitrogen and oxygen atoms in total. The Kier molecular flexibility index (Phi) is 4.34. The van der Waals surface area contributed by atoms with Crippen molar-refractivity contribution in [1.82, 2.24) is 9.78 Å². The molecule has 1 heterocycles. The molecule has 1 N–H and O–H groups in total. The normalized spacial score (nSPS) is 10.3. The lowest BCUT2D eigenvalue weighted by molar-refractivity contribution is 0.0527. The van der Waals surface area contributed by atoms with E-state index in [1.54, 1.807) is 19.1 Å². The Morgan fingerprint density at radius 2 is 2.25 bits per heavy atom. The molecule has 1 aromatic heterocycles. The van der Waals surface area contributed by atoms with Gasteiger partial charge >= 0.3 is 5.97 Å². The van der Waals surface area contributed by atoms with Crippen LogP contribution in [-0.2, 0) is 4.74 Å². The maximum absolute atomic E-state index is 13.2. The molecule has 106 valence electrons. The number of esters is 1. The Morgan fingerprint density at radius 1 is 1.45 bits per heavy atom. The quantitative estimate of drug-likeness (QED) is 0.854. The average molecular weight is 277 g/mol. The summed E-state index contributed by atoms with van der Waals surface area (Å²) in [6.45, 7) is 4.54. The van der Waals surface area contributed by atoms with Crippen molar-refractivity contribution in [3.8, 4) is 5.69 Å². The molecule has 0 spiro atoms. The van der Waals surface area contributed by atoms with Crippen LogP contribution in [0, 0.1) is 5.82 Å². The van der Waals surface area contributed by atoms with Gasteiger partial charge in [-0.1, -0.05) is 6.07 Å². The summed E-state index contributed by atoms with van der Waals surface area (Å²) in [5.74, 6) is -0.387. The maximum Gasteiger partial charge on any atom is 0.343 e. The van der Waals surface area contributed by atoms with Gasteiger partial charge in [0.05, 0.1) is 12.3 Å². The van der Waals surface area contributed by atoms with Crippen LogP contribution in [0.5, 0.6) is 0 Å². The van der Waals surface area contributed by atoms with Crippen LogP contribution in [0.2, 0.25) is 0 Å². The summed E-state index contributed by atoms with van der Waals surface area (Å²) in [6, 6.07) is 5.99. The summed E-state index contributed by atoms with van der Waals surface area (Å²) in [4.78, 5) is 11.9. The predicted octanol–water partition coefficient (Wildman–Crippen LogP) is 2.62. The number of nitrogens with zero attached hydrogens (tertiary/aromatic N) is 2. The molecule has 20 heavy (non-hydrogen) atoms. The first kappa shape index (κ1) is 14.0. The number of hydrogen-bond donors (Lipinski definition) is 1. The second-order valence-electron chi connectivity index (χ2n) is 4.07. The maximum atomic E-state index is 13.2. The molecule has 0 bridgehead atoms. The van der Waals surface area contributed by atoms with Crippen LogP contribution in [-0.4, -0.2) is 28.9 Å². The van der Waals surface area contributed by atoms with Gasteiger partial charge in [0.25, 0.3) is 0 Å². The Hall–Kier alpha value is -2.37. The second-order valence-corrected chi connectivity index (χ2v) is 4.07. The molecule has 0 fully saturated rings. The van der Waals surface area contributed by atoms with Crippen molar-refractivity contribution in [1.29, 1.82) is 0 Å². The van der Waals surface area contributed by atoms with Crippen molar-refractivity contribution >= 4 is 11.8 Å². The van der Waals surface area contributed by atoms with Gasteiger partial charge in [-0.15, -0.1) is 5.10 Å². The molecular formula is C14H16FN3O2. The monoisotopic (exact) mass is 277 g/mol. The van der Waals surface area contributed by atoms with Crippen molar-refractivity contribution in [3.05, 3.63) is 41.8 Å². The standard InChI is InChI=1S/C14H16FN3O2/c1-3-16-13-12(14(19)20-4-2)9-18(17-13)11-7-5-6-10(15)8-11/h5-9H,3-4H2,1-2H3,(H,16,17). The minimum Gasteiger partial charge on any atom is -0.462 e. The molecule has 0 aliphatic rings. The molecule has 0 atom stereocenters. The zero-order chi connectivity index (χ0) is 14.5.